The van der Waals surface area contributed by atoms with Gasteiger partial charge in [0.2, 0.25) is 5.91 Å². The lowest BCUT2D eigenvalue weighted by Gasteiger charge is -2.32. The third kappa shape index (κ3) is 21.1. The van der Waals surface area contributed by atoms with E-state index in [9.17, 15) is 26.7 Å². The molecule has 6 aromatic carbocycles. The fourth-order valence-electron chi connectivity index (χ4n) is 23.0. The topological polar surface area (TPSA) is 304 Å². The summed E-state index contributed by atoms with van der Waals surface area (Å²) in [4.78, 5) is 39.8. The van der Waals surface area contributed by atoms with Crippen LogP contribution in [0.25, 0.3) is 45.0 Å². The molecule has 30 nitrogen and oxygen atoms in total. The van der Waals surface area contributed by atoms with Crippen molar-refractivity contribution in [2.24, 2.45) is 0 Å². The van der Waals surface area contributed by atoms with Crippen molar-refractivity contribution in [1.82, 2.24) is 108 Å². The van der Waals surface area contributed by atoms with Gasteiger partial charge in [-0.1, -0.05) is 62.5 Å². The lowest BCUT2D eigenvalue weighted by molar-refractivity contribution is -0.132. The minimum Gasteiger partial charge on any atom is -0.493 e. The van der Waals surface area contributed by atoms with Crippen molar-refractivity contribution in [2.75, 3.05) is 73.4 Å². The smallest absolute Gasteiger partial charge is 0.236 e. The van der Waals surface area contributed by atoms with Crippen molar-refractivity contribution in [3.63, 3.8) is 0 Å². The molecule has 35 heteroatoms. The summed E-state index contributed by atoms with van der Waals surface area (Å²) >= 11 is 0. The highest BCUT2D eigenvalue weighted by Gasteiger charge is 2.33. The number of carbonyl (C=O) groups excluding carboxylic acids is 1. The Morgan fingerprint density at radius 2 is 0.738 bits per heavy atom. The molecule has 2 fully saturated rings. The number of carbonyl (C=O) groups is 1. The van der Waals surface area contributed by atoms with Crippen molar-refractivity contribution >= 4 is 50.9 Å². The molecule has 2 atom stereocenters. The SMILES string of the molecule is CC1C=C(c2cnc(CCc3c(F)ccc4c3CCO4)n3cnnc23)CC(C)O1.CN(C)CC(=O)N1CCC(c2cnc(CCc3c(F)ccc4c3CCO4)n3cnnc23)CC1.Fc1ccc2c(c1CCc1ncc(C3=CCCCCC3)c3nncn13)CCO2.Fc1ccc2c(c1CCc1ncc(C3=CCOc4ccccc43)c3nncn13)CCO2.Fc1ccc2c(c1CCc1ncc(C3CCCCCC3)c3nncn13)CCO2. The van der Waals surface area contributed by atoms with Crippen molar-refractivity contribution < 1.29 is 59.9 Å². The van der Waals surface area contributed by atoms with Gasteiger partial charge in [0, 0.05) is 169 Å². The first-order chi connectivity index (χ1) is 73.0. The second-order valence-corrected chi connectivity index (χ2v) is 40.0. The van der Waals surface area contributed by atoms with Crippen molar-refractivity contribution in [1.29, 1.82) is 0 Å². The fraction of sp³-hybridized carbons (Fsp3) is 0.404. The Morgan fingerprint density at radius 1 is 0.369 bits per heavy atom. The van der Waals surface area contributed by atoms with E-state index in [4.69, 9.17) is 58.1 Å². The molecule has 0 N–H and O–H groups in total. The van der Waals surface area contributed by atoms with E-state index in [1.54, 1.807) is 62.0 Å². The van der Waals surface area contributed by atoms with Crippen LogP contribution in [0, 0.1) is 29.1 Å². The van der Waals surface area contributed by atoms with Crippen LogP contribution in [0.5, 0.6) is 34.5 Å². The molecule has 149 heavy (non-hydrogen) atoms. The third-order valence-electron chi connectivity index (χ3n) is 30.4. The number of likely N-dealkylation sites (N-methyl/N-ethyl adjacent to an activating group) is 1. The maximum atomic E-state index is 14.5. The molecule has 16 aromatic rings. The molecule has 18 heterocycles. The van der Waals surface area contributed by atoms with Gasteiger partial charge in [0.25, 0.3) is 0 Å². The van der Waals surface area contributed by atoms with Gasteiger partial charge in [-0.05, 0) is 247 Å². The van der Waals surface area contributed by atoms with Crippen molar-refractivity contribution in [2.45, 2.75) is 224 Å². The Labute approximate surface area is 858 Å². The average molecular weight is 2020 g/mol. The van der Waals surface area contributed by atoms with E-state index in [-0.39, 0.29) is 53.1 Å². The zero-order chi connectivity index (χ0) is 102. The molecule has 0 spiro atoms. The van der Waals surface area contributed by atoms with Crippen LogP contribution in [0.2, 0.25) is 0 Å². The average Bonchev–Trinajstić information content (AvgIpc) is 1.71. The normalized spacial score (nSPS) is 17.2. The van der Waals surface area contributed by atoms with Crippen LogP contribution >= 0.6 is 0 Å². The molecule has 2 aliphatic carbocycles. The number of amides is 1. The first kappa shape index (κ1) is 98.8. The van der Waals surface area contributed by atoms with Gasteiger partial charge in [0.05, 0.1) is 51.8 Å². The largest absolute Gasteiger partial charge is 0.493 e. The summed E-state index contributed by atoms with van der Waals surface area (Å²) in [6.07, 6.45) is 50.4. The number of halogens is 5. The molecule has 0 bridgehead atoms. The predicted octanol–water partition coefficient (Wildman–Crippen LogP) is 18.4. The first-order valence-corrected chi connectivity index (χ1v) is 52.5. The maximum absolute atomic E-state index is 14.5. The van der Waals surface area contributed by atoms with E-state index in [1.165, 1.54) is 105 Å². The zero-order valence-corrected chi connectivity index (χ0v) is 84.3. The number of hydrogen-bond donors (Lipinski definition) is 0. The molecule has 8 aliphatic heterocycles. The maximum Gasteiger partial charge on any atom is 0.236 e. The summed E-state index contributed by atoms with van der Waals surface area (Å²) in [6.45, 7) is 9.60. The lowest BCUT2D eigenvalue weighted by Crippen LogP contribution is -2.42. The second kappa shape index (κ2) is 44.7. The molecular weight excluding hydrogens is 1900 g/mol. The Morgan fingerprint density at radius 3 is 1.15 bits per heavy atom. The Balaban J connectivity index is 0.000000106. The van der Waals surface area contributed by atoms with Crippen LogP contribution in [0.3, 0.4) is 0 Å². The molecule has 1 saturated heterocycles. The van der Waals surface area contributed by atoms with Gasteiger partial charge in [-0.3, -0.25) is 26.8 Å². The molecule has 26 rings (SSSR count). The van der Waals surface area contributed by atoms with E-state index in [0.717, 1.165) is 247 Å². The highest BCUT2D eigenvalue weighted by molar-refractivity contribution is 5.89. The number of benzene rings is 6. The number of aromatic nitrogens is 20. The van der Waals surface area contributed by atoms with Crippen LogP contribution in [-0.4, -0.2) is 199 Å². The standard InChI is InChI=1S/C24H29FN6O2.C24H19FN4O2.C22H23FN4O2.C22H25FN4O.C22H23FN4O/c1-29(2)14-23(32)30-10-7-16(8-11-30)19-13-26-22(31-15-27-28-24(19)31)6-3-17-18-9-12-33-21(18)5-4-20(17)25;25-20-6-7-22-18(10-12-31-22)16(20)5-8-23-26-13-19(24-28-27-14-29(23)24)15-9-11-30-21-4-2-1-3-17(15)21;1-13-9-15(10-14(2)29-13)18-11-24-21(27-12-25-26-22(18)27)6-3-16-17-7-8-28-20(17)5-4-19(16)23;2*23-19-8-9-20-17(11-12-28-20)16(19)7-10-21-24-13-18(22-26-25-14-27(21)22)15-5-3-1-2-4-6-15/h4-5,13,15-16H,3,6-12,14H2,1-2H3;1-4,6-7,9,13-14H,5,8,10-12H2;4-5,9,11-14H,3,6-8,10H2,1-2H3;8-9,13-15H,1-7,10-12H2;5,8-9,13-14H,1-4,6-7,10-12H2. The quantitative estimate of drug-likeness (QED) is 0.0449. The van der Waals surface area contributed by atoms with Crippen LogP contribution in [0.4, 0.5) is 22.0 Å². The molecule has 10 aliphatic rings. The number of para-hydroxylation sites is 1. The second-order valence-electron chi connectivity index (χ2n) is 40.0. The van der Waals surface area contributed by atoms with Gasteiger partial charge in [0.15, 0.2) is 28.2 Å². The third-order valence-corrected chi connectivity index (χ3v) is 30.4. The fourth-order valence-corrected chi connectivity index (χ4v) is 23.0. The minimum atomic E-state index is -0.190. The van der Waals surface area contributed by atoms with E-state index in [0.29, 0.717) is 127 Å². The van der Waals surface area contributed by atoms with Gasteiger partial charge < -0.3 is 43.0 Å². The van der Waals surface area contributed by atoms with Crippen molar-refractivity contribution in [3.8, 4) is 34.5 Å². The van der Waals surface area contributed by atoms with E-state index >= 15 is 0 Å². The number of fused-ring (bicyclic) bond motifs is 11. The van der Waals surface area contributed by atoms with Crippen LogP contribution in [0.1, 0.15) is 234 Å². The summed E-state index contributed by atoms with van der Waals surface area (Å²) in [6, 6.07) is 24.0. The summed E-state index contributed by atoms with van der Waals surface area (Å²) < 4.78 is 122. The van der Waals surface area contributed by atoms with Crippen LogP contribution < -0.4 is 28.4 Å². The number of nitrogens with zero attached hydrogens (tertiary/aromatic N) is 22. The Bertz CT molecular complexity index is 7750. The van der Waals surface area contributed by atoms with Gasteiger partial charge in [0.1, 0.15) is 131 Å². The number of aryl methyl sites for hydroxylation is 5. The summed E-state index contributed by atoms with van der Waals surface area (Å²) in [7, 11) is 3.82. The molecule has 0 radical (unpaired) electrons. The molecule has 2 unspecified atom stereocenters. The van der Waals surface area contributed by atoms with Gasteiger partial charge in [-0.25, -0.2) is 46.9 Å². The van der Waals surface area contributed by atoms with Gasteiger partial charge in [-0.15, -0.1) is 51.0 Å². The van der Waals surface area contributed by atoms with Gasteiger partial charge in [-0.2, -0.15) is 0 Å². The highest BCUT2D eigenvalue weighted by atomic mass is 19.1. The van der Waals surface area contributed by atoms with E-state index in [1.807, 2.05) is 114 Å². The molecule has 10 aromatic heterocycles. The number of ether oxygens (including phenoxy) is 7. The number of hydrogen-bond acceptors (Lipinski definition) is 24. The number of rotatable bonds is 22. The molecule has 768 valence electrons. The summed E-state index contributed by atoms with van der Waals surface area (Å²) in [5.74, 6) is 9.12. The molecular formula is C114H119F5N22O8. The monoisotopic (exact) mass is 2020 g/mol. The van der Waals surface area contributed by atoms with Crippen molar-refractivity contribution in [3.05, 3.63) is 313 Å². The number of piperidine rings is 1. The van der Waals surface area contributed by atoms with Gasteiger partial charge >= 0.3 is 0 Å². The predicted molar refractivity (Wildman–Crippen MR) is 549 cm³/mol. The highest BCUT2D eigenvalue weighted by Crippen LogP contribution is 2.43. The molecule has 1 saturated carbocycles. The Kier molecular flexibility index (Phi) is 29.6. The zero-order valence-electron chi connectivity index (χ0n) is 84.3. The first-order valence-electron chi connectivity index (χ1n) is 52.5. The number of likely N-dealkylation sites (tertiary alicyclic amines) is 1. The lowest BCUT2D eigenvalue weighted by atomic mass is 9.90. The van der Waals surface area contributed by atoms with E-state index in [2.05, 4.69) is 70.1 Å². The van der Waals surface area contributed by atoms with Crippen LogP contribution in [0.15, 0.2) is 166 Å². The summed E-state index contributed by atoms with van der Waals surface area (Å²) in [5.41, 5.74) is 22.4. The molecule has 1 amide bonds. The van der Waals surface area contributed by atoms with E-state index < -0.39 is 0 Å². The van der Waals surface area contributed by atoms with Crippen LogP contribution in [-0.2, 0) is 106 Å². The minimum absolute atomic E-state index is 0.0572. The number of allylic oxidation sites excluding steroid dienone is 2. The summed E-state index contributed by atoms with van der Waals surface area (Å²) in [5, 5.41) is 42.4. The Hall–Kier alpha value is -14.9.